The summed E-state index contributed by atoms with van der Waals surface area (Å²) < 4.78 is 1.19. The summed E-state index contributed by atoms with van der Waals surface area (Å²) in [6.07, 6.45) is 1.03. The van der Waals surface area contributed by atoms with E-state index >= 15 is 0 Å². The Balaban J connectivity index is 1.42. The van der Waals surface area contributed by atoms with Gasteiger partial charge >= 0.3 is 0 Å². The van der Waals surface area contributed by atoms with Crippen molar-refractivity contribution in [3.05, 3.63) is 70.6 Å². The number of hydrogen-bond donors (Lipinski definition) is 0. The molecule has 1 saturated heterocycles. The highest BCUT2D eigenvalue weighted by atomic mass is 32.1. The molecule has 0 bridgehead atoms. The molecular formula is C22H24N2OS. The topological polar surface area (TPSA) is 23.6 Å². The summed E-state index contributed by atoms with van der Waals surface area (Å²) in [7, 11) is 0. The van der Waals surface area contributed by atoms with Gasteiger partial charge in [0.1, 0.15) is 0 Å². The minimum atomic E-state index is 0.184. The fraction of sp³-hybridized carbons (Fsp3) is 0.318. The number of amides is 1. The Morgan fingerprint density at radius 2 is 1.88 bits per heavy atom. The van der Waals surface area contributed by atoms with Crippen molar-refractivity contribution >= 4 is 27.3 Å². The van der Waals surface area contributed by atoms with Gasteiger partial charge < -0.3 is 4.90 Å². The van der Waals surface area contributed by atoms with Crippen molar-refractivity contribution in [3.63, 3.8) is 0 Å². The summed E-state index contributed by atoms with van der Waals surface area (Å²) >= 11 is 1.61. The van der Waals surface area contributed by atoms with E-state index in [0.717, 1.165) is 49.4 Å². The van der Waals surface area contributed by atoms with Crippen molar-refractivity contribution in [1.82, 2.24) is 9.80 Å². The molecule has 0 unspecified atom stereocenters. The van der Waals surface area contributed by atoms with Crippen LogP contribution in [0.1, 0.15) is 27.2 Å². The van der Waals surface area contributed by atoms with E-state index in [0.29, 0.717) is 0 Å². The highest BCUT2D eigenvalue weighted by Crippen LogP contribution is 2.26. The maximum Gasteiger partial charge on any atom is 0.264 e. The quantitative estimate of drug-likeness (QED) is 0.680. The molecule has 3 nitrogen and oxygen atoms in total. The molecule has 3 aromatic rings. The summed E-state index contributed by atoms with van der Waals surface area (Å²) in [5.41, 5.74) is 2.66. The zero-order chi connectivity index (χ0) is 17.9. The Hall–Kier alpha value is -2.17. The van der Waals surface area contributed by atoms with Crippen LogP contribution in [0, 0.1) is 6.92 Å². The van der Waals surface area contributed by atoms with Crippen LogP contribution >= 0.6 is 11.3 Å². The van der Waals surface area contributed by atoms with Gasteiger partial charge in [0.05, 0.1) is 4.88 Å². The maximum atomic E-state index is 12.9. The summed E-state index contributed by atoms with van der Waals surface area (Å²) in [5, 5.41) is 1.16. The molecule has 4 heteroatoms. The standard InChI is InChI=1S/C22H24N2OS/c1-17-6-4-7-18(14-17)16-23-10-5-11-24(13-12-23)22(25)21-15-19-8-2-3-9-20(19)26-21/h2-4,6-9,14-15H,5,10-13,16H2,1H3. The molecular weight excluding hydrogens is 340 g/mol. The van der Waals surface area contributed by atoms with E-state index < -0.39 is 0 Å². The Bertz CT molecular complexity index is 884. The lowest BCUT2D eigenvalue weighted by Crippen LogP contribution is -2.34. The lowest BCUT2D eigenvalue weighted by atomic mass is 10.1. The molecule has 1 aliphatic rings. The van der Waals surface area contributed by atoms with Crippen molar-refractivity contribution < 1.29 is 4.79 Å². The first-order valence-corrected chi connectivity index (χ1v) is 10.1. The first-order chi connectivity index (χ1) is 12.7. The van der Waals surface area contributed by atoms with Gasteiger partial charge in [0.15, 0.2) is 0 Å². The molecule has 1 aromatic heterocycles. The van der Waals surface area contributed by atoms with Gasteiger partial charge in [-0.1, -0.05) is 48.0 Å². The third-order valence-electron chi connectivity index (χ3n) is 5.00. The first kappa shape index (κ1) is 17.3. The molecule has 2 aromatic carbocycles. The fourth-order valence-electron chi connectivity index (χ4n) is 3.64. The van der Waals surface area contributed by atoms with E-state index in [4.69, 9.17) is 0 Å². The van der Waals surface area contributed by atoms with Gasteiger partial charge in [-0.25, -0.2) is 0 Å². The Kier molecular flexibility index (Phi) is 5.05. The second-order valence-corrected chi connectivity index (χ2v) is 8.14. The number of carbonyl (C=O) groups is 1. The normalized spacial score (nSPS) is 16.0. The van der Waals surface area contributed by atoms with E-state index in [9.17, 15) is 4.79 Å². The summed E-state index contributed by atoms with van der Waals surface area (Å²) in [5.74, 6) is 0.184. The predicted octanol–water partition coefficient (Wildman–Crippen LogP) is 4.56. The molecule has 0 spiro atoms. The van der Waals surface area contributed by atoms with Crippen molar-refractivity contribution in [1.29, 1.82) is 0 Å². The van der Waals surface area contributed by atoms with Crippen LogP contribution in [0.2, 0.25) is 0 Å². The zero-order valence-corrected chi connectivity index (χ0v) is 16.0. The minimum Gasteiger partial charge on any atom is -0.337 e. The van der Waals surface area contributed by atoms with Crippen molar-refractivity contribution in [2.24, 2.45) is 0 Å². The van der Waals surface area contributed by atoms with E-state index in [-0.39, 0.29) is 5.91 Å². The average molecular weight is 365 g/mol. The van der Waals surface area contributed by atoms with Gasteiger partial charge in [-0.05, 0) is 36.4 Å². The molecule has 0 saturated carbocycles. The van der Waals surface area contributed by atoms with E-state index in [1.165, 1.54) is 15.8 Å². The Labute approximate surface area is 158 Å². The number of thiophene rings is 1. The van der Waals surface area contributed by atoms with Crippen LogP contribution in [0.25, 0.3) is 10.1 Å². The highest BCUT2D eigenvalue weighted by Gasteiger charge is 2.21. The number of fused-ring (bicyclic) bond motifs is 1. The first-order valence-electron chi connectivity index (χ1n) is 9.25. The van der Waals surface area contributed by atoms with Crippen LogP contribution in [-0.4, -0.2) is 41.9 Å². The van der Waals surface area contributed by atoms with Gasteiger partial charge in [-0.3, -0.25) is 9.69 Å². The van der Waals surface area contributed by atoms with Crippen LogP contribution in [0.5, 0.6) is 0 Å². The molecule has 1 fully saturated rings. The van der Waals surface area contributed by atoms with Gasteiger partial charge in [-0.2, -0.15) is 0 Å². The average Bonchev–Trinajstić information content (AvgIpc) is 2.94. The predicted molar refractivity (Wildman–Crippen MR) is 109 cm³/mol. The summed E-state index contributed by atoms with van der Waals surface area (Å²) in [6.45, 7) is 6.73. The fourth-order valence-corrected chi connectivity index (χ4v) is 4.67. The second-order valence-electron chi connectivity index (χ2n) is 7.06. The molecule has 4 rings (SSSR count). The number of carbonyl (C=O) groups excluding carboxylic acids is 1. The monoisotopic (exact) mass is 364 g/mol. The SMILES string of the molecule is Cc1cccc(CN2CCCN(C(=O)c3cc4ccccc4s3)CC2)c1. The van der Waals surface area contributed by atoms with Gasteiger partial charge in [-0.15, -0.1) is 11.3 Å². The third-order valence-corrected chi connectivity index (χ3v) is 6.10. The van der Waals surface area contributed by atoms with E-state index in [1.807, 2.05) is 23.1 Å². The molecule has 134 valence electrons. The number of aryl methyl sites for hydroxylation is 1. The van der Waals surface area contributed by atoms with Gasteiger partial charge in [0, 0.05) is 37.4 Å². The van der Waals surface area contributed by atoms with E-state index in [2.05, 4.69) is 48.2 Å². The van der Waals surface area contributed by atoms with E-state index in [1.54, 1.807) is 11.3 Å². The number of rotatable bonds is 3. The number of hydrogen-bond acceptors (Lipinski definition) is 3. The lowest BCUT2D eigenvalue weighted by molar-refractivity contribution is 0.0766. The van der Waals surface area contributed by atoms with Gasteiger partial charge in [0.2, 0.25) is 0 Å². The molecule has 0 atom stereocenters. The molecule has 0 radical (unpaired) electrons. The molecule has 1 amide bonds. The summed E-state index contributed by atoms with van der Waals surface area (Å²) in [6, 6.07) is 19.0. The van der Waals surface area contributed by atoms with Crippen molar-refractivity contribution in [2.75, 3.05) is 26.2 Å². The van der Waals surface area contributed by atoms with Gasteiger partial charge in [0.25, 0.3) is 5.91 Å². The number of nitrogens with zero attached hydrogens (tertiary/aromatic N) is 2. The Morgan fingerprint density at radius 1 is 1.00 bits per heavy atom. The van der Waals surface area contributed by atoms with Crippen LogP contribution in [0.15, 0.2) is 54.6 Å². The Morgan fingerprint density at radius 3 is 2.73 bits per heavy atom. The van der Waals surface area contributed by atoms with Crippen LogP contribution < -0.4 is 0 Å². The van der Waals surface area contributed by atoms with Crippen molar-refractivity contribution in [3.8, 4) is 0 Å². The smallest absolute Gasteiger partial charge is 0.264 e. The van der Waals surface area contributed by atoms with Crippen LogP contribution in [0.4, 0.5) is 0 Å². The second kappa shape index (κ2) is 7.60. The molecule has 0 N–H and O–H groups in total. The summed E-state index contributed by atoms with van der Waals surface area (Å²) in [4.78, 5) is 18.3. The third kappa shape index (κ3) is 3.81. The largest absolute Gasteiger partial charge is 0.337 e. The highest BCUT2D eigenvalue weighted by molar-refractivity contribution is 7.20. The lowest BCUT2D eigenvalue weighted by Gasteiger charge is -2.21. The maximum absolute atomic E-state index is 12.9. The zero-order valence-electron chi connectivity index (χ0n) is 15.1. The molecule has 26 heavy (non-hydrogen) atoms. The molecule has 2 heterocycles. The molecule has 0 aliphatic carbocycles. The number of benzene rings is 2. The molecule has 1 aliphatic heterocycles. The minimum absolute atomic E-state index is 0.184. The van der Waals surface area contributed by atoms with Crippen LogP contribution in [-0.2, 0) is 6.54 Å². The van der Waals surface area contributed by atoms with Crippen molar-refractivity contribution in [2.45, 2.75) is 19.9 Å². The van der Waals surface area contributed by atoms with Crippen LogP contribution in [0.3, 0.4) is 0 Å².